The summed E-state index contributed by atoms with van der Waals surface area (Å²) in [6.07, 6.45) is 9.03. The van der Waals surface area contributed by atoms with Crippen LogP contribution in [0.5, 0.6) is 0 Å². The van der Waals surface area contributed by atoms with Crippen molar-refractivity contribution >= 4 is 24.2 Å². The lowest BCUT2D eigenvalue weighted by Crippen LogP contribution is -2.61. The molecule has 0 amide bonds. The molecule has 0 aromatic heterocycles. The molecule has 6 rings (SSSR count). The van der Waals surface area contributed by atoms with Gasteiger partial charge < -0.3 is 19.5 Å². The van der Waals surface area contributed by atoms with Gasteiger partial charge in [0, 0.05) is 44.9 Å². The molecule has 59 heavy (non-hydrogen) atoms. The number of benzene rings is 1. The number of hydrogen-bond donors (Lipinski definition) is 1. The van der Waals surface area contributed by atoms with Crippen LogP contribution in [0, 0.1) is 63.0 Å². The first kappa shape index (κ1) is 46.9. The number of aliphatic carboxylic acids is 1. The summed E-state index contributed by atoms with van der Waals surface area (Å²) in [7, 11) is 4.11. The number of carboxylic acid groups (broad SMARTS) is 1. The van der Waals surface area contributed by atoms with E-state index in [0.29, 0.717) is 62.0 Å². The van der Waals surface area contributed by atoms with E-state index in [2.05, 4.69) is 58.5 Å². The summed E-state index contributed by atoms with van der Waals surface area (Å²) in [6.45, 7) is 21.9. The van der Waals surface area contributed by atoms with Crippen LogP contribution in [-0.4, -0.2) is 85.0 Å². The SMILES string of the molecule is CC(=O)OC(CN(CCN(C)C)Cc1ccc(F)cc1)C12CCC3C(CCC4C3(C)CCC3C(C)C(OC=O)CCC34C)C1=C(C(C)C)C(=O)C2.CCC(C)(C)C(=O)O. The largest absolute Gasteiger partial charge is 0.481 e. The minimum absolute atomic E-state index is 0.0124. The standard InChI is InChI=1S/C43H63FN2O5.C6H12O2/c1-27(2)39-35(49)23-43(38(51-29(4)48)25-46(22-21-45(7)8)24-30-9-11-31(44)12-10-30)20-16-34-32(40(39)43)13-14-37-41(5)19-17-36(50-26-47)28(3)33(41)15-18-42(34,37)6;1-4-6(2,3)5(7)8/h9-12,26-28,32-34,36-38H,13-25H2,1-8H3;4H2,1-3H3,(H,7,8). The van der Waals surface area contributed by atoms with Crippen LogP contribution >= 0.6 is 0 Å². The third-order valence-electron chi connectivity index (χ3n) is 16.4. The Balaban J connectivity index is 0.000000749. The van der Waals surface area contributed by atoms with Crippen molar-refractivity contribution in [1.29, 1.82) is 0 Å². The second kappa shape index (κ2) is 18.5. The van der Waals surface area contributed by atoms with Gasteiger partial charge >= 0.3 is 11.9 Å². The second-order valence-corrected chi connectivity index (χ2v) is 20.8. The van der Waals surface area contributed by atoms with E-state index in [4.69, 9.17) is 14.6 Å². The van der Waals surface area contributed by atoms with Crippen LogP contribution in [0.2, 0.25) is 0 Å². The Hall–Kier alpha value is -3.11. The number of hydrogen-bond acceptors (Lipinski definition) is 8. The van der Waals surface area contributed by atoms with E-state index in [1.54, 1.807) is 13.8 Å². The molecule has 330 valence electrons. The van der Waals surface area contributed by atoms with Crippen molar-refractivity contribution in [3.8, 4) is 0 Å². The molecule has 0 spiro atoms. The quantitative estimate of drug-likeness (QED) is 0.145. The predicted molar refractivity (Wildman–Crippen MR) is 229 cm³/mol. The molecule has 0 heterocycles. The van der Waals surface area contributed by atoms with E-state index in [0.717, 1.165) is 75.6 Å². The fourth-order valence-electron chi connectivity index (χ4n) is 12.9. The van der Waals surface area contributed by atoms with E-state index >= 15 is 0 Å². The molecule has 1 aromatic rings. The molecule has 0 radical (unpaired) electrons. The molecule has 4 saturated carbocycles. The van der Waals surface area contributed by atoms with Gasteiger partial charge in [-0.05, 0) is 161 Å². The highest BCUT2D eigenvalue weighted by atomic mass is 19.1. The first-order valence-corrected chi connectivity index (χ1v) is 22.5. The van der Waals surface area contributed by atoms with E-state index in [9.17, 15) is 23.6 Å². The lowest BCUT2D eigenvalue weighted by Gasteiger charge is -2.67. The minimum Gasteiger partial charge on any atom is -0.481 e. The van der Waals surface area contributed by atoms with Gasteiger partial charge in [0.2, 0.25) is 0 Å². The summed E-state index contributed by atoms with van der Waals surface area (Å²) in [5.74, 6) is 1.29. The molecule has 10 unspecified atom stereocenters. The Bertz CT molecular complexity index is 1710. The lowest BCUT2D eigenvalue weighted by atomic mass is 9.38. The van der Waals surface area contributed by atoms with Crippen molar-refractivity contribution in [2.24, 2.45) is 57.2 Å². The van der Waals surface area contributed by atoms with Gasteiger partial charge in [0.25, 0.3) is 6.47 Å². The summed E-state index contributed by atoms with van der Waals surface area (Å²) in [5, 5.41) is 8.44. The van der Waals surface area contributed by atoms with Crippen LogP contribution in [0.1, 0.15) is 132 Å². The van der Waals surface area contributed by atoms with Gasteiger partial charge in [-0.2, -0.15) is 0 Å². The van der Waals surface area contributed by atoms with Crippen LogP contribution in [0.3, 0.4) is 0 Å². The summed E-state index contributed by atoms with van der Waals surface area (Å²) in [4.78, 5) is 53.4. The van der Waals surface area contributed by atoms with Gasteiger partial charge in [0.1, 0.15) is 18.0 Å². The van der Waals surface area contributed by atoms with E-state index in [1.807, 2.05) is 19.1 Å². The summed E-state index contributed by atoms with van der Waals surface area (Å²) < 4.78 is 25.9. The number of Topliss-reactive ketones (excluding diaryl/α,β-unsaturated/α-hetero) is 1. The number of carbonyl (C=O) groups is 4. The molecule has 10 heteroatoms. The molecule has 5 aliphatic carbocycles. The molecular weight excluding hydrogens is 748 g/mol. The molecule has 10 atom stereocenters. The molecule has 9 nitrogen and oxygen atoms in total. The topological polar surface area (TPSA) is 113 Å². The number of ether oxygens (including phenoxy) is 2. The van der Waals surface area contributed by atoms with Crippen molar-refractivity contribution in [1.82, 2.24) is 9.80 Å². The third kappa shape index (κ3) is 9.39. The number of esters is 1. The van der Waals surface area contributed by atoms with Gasteiger partial charge in [-0.3, -0.25) is 24.1 Å². The van der Waals surface area contributed by atoms with Crippen LogP contribution in [-0.2, 0) is 35.2 Å². The number of rotatable bonds is 14. The van der Waals surface area contributed by atoms with E-state index < -0.39 is 22.9 Å². The molecule has 0 saturated heterocycles. The monoisotopic (exact) mass is 823 g/mol. The van der Waals surface area contributed by atoms with Gasteiger partial charge in [0.05, 0.1) is 5.41 Å². The number of fused-ring (bicyclic) bond motifs is 7. The number of ketones is 1. The number of carbonyl (C=O) groups excluding carboxylic acids is 3. The normalized spacial score (nSPS) is 33.3. The first-order valence-electron chi connectivity index (χ1n) is 22.5. The second-order valence-electron chi connectivity index (χ2n) is 20.8. The molecule has 0 bridgehead atoms. The Labute approximate surface area is 354 Å². The Kier molecular flexibility index (Phi) is 14.7. The highest BCUT2D eigenvalue weighted by Gasteiger charge is 2.66. The fourth-order valence-corrected chi connectivity index (χ4v) is 12.9. The van der Waals surface area contributed by atoms with Crippen molar-refractivity contribution in [3.05, 3.63) is 46.8 Å². The van der Waals surface area contributed by atoms with E-state index in [-0.39, 0.29) is 40.4 Å². The number of likely N-dealkylation sites (N-methyl/N-ethyl adjacent to an activating group) is 1. The van der Waals surface area contributed by atoms with Crippen LogP contribution in [0.15, 0.2) is 35.4 Å². The zero-order valence-corrected chi connectivity index (χ0v) is 38.1. The van der Waals surface area contributed by atoms with Crippen LogP contribution < -0.4 is 0 Å². The number of allylic oxidation sites excluding steroid dienone is 1. The number of carboxylic acids is 1. The smallest absolute Gasteiger partial charge is 0.309 e. The van der Waals surface area contributed by atoms with E-state index in [1.165, 1.54) is 24.6 Å². The summed E-state index contributed by atoms with van der Waals surface area (Å²) >= 11 is 0. The highest BCUT2D eigenvalue weighted by Crippen LogP contribution is 2.72. The number of halogens is 1. The van der Waals surface area contributed by atoms with Crippen molar-refractivity contribution < 1.29 is 38.1 Å². The molecule has 0 aliphatic heterocycles. The maximum atomic E-state index is 14.3. The molecule has 4 fully saturated rings. The van der Waals surface area contributed by atoms with Crippen LogP contribution in [0.25, 0.3) is 0 Å². The van der Waals surface area contributed by atoms with Gasteiger partial charge in [-0.15, -0.1) is 0 Å². The van der Waals surface area contributed by atoms with Crippen LogP contribution in [0.4, 0.5) is 4.39 Å². The maximum absolute atomic E-state index is 14.3. The highest BCUT2D eigenvalue weighted by molar-refractivity contribution is 6.00. The molecular formula is C49H75FN2O7. The Morgan fingerprint density at radius 1 is 0.983 bits per heavy atom. The van der Waals surface area contributed by atoms with Crippen molar-refractivity contribution in [3.63, 3.8) is 0 Å². The fraction of sp³-hybridized carbons (Fsp3) is 0.755. The lowest BCUT2D eigenvalue weighted by molar-refractivity contribution is -0.189. The molecule has 5 aliphatic rings. The average Bonchev–Trinajstić information content (AvgIpc) is 3.49. The molecule has 1 aromatic carbocycles. The maximum Gasteiger partial charge on any atom is 0.309 e. The van der Waals surface area contributed by atoms with Gasteiger partial charge in [0.15, 0.2) is 5.78 Å². The average molecular weight is 823 g/mol. The van der Waals surface area contributed by atoms with Gasteiger partial charge in [-0.1, -0.05) is 53.7 Å². The Morgan fingerprint density at radius 3 is 2.17 bits per heavy atom. The van der Waals surface area contributed by atoms with Crippen molar-refractivity contribution in [2.75, 3.05) is 33.7 Å². The summed E-state index contributed by atoms with van der Waals surface area (Å²) in [5.41, 5.74) is 2.62. The molecule has 1 N–H and O–H groups in total. The number of nitrogens with zero attached hydrogens (tertiary/aromatic N) is 2. The third-order valence-corrected chi connectivity index (χ3v) is 16.4. The zero-order chi connectivity index (χ0) is 43.7. The van der Waals surface area contributed by atoms with Gasteiger partial charge in [-0.25, -0.2) is 4.39 Å². The zero-order valence-electron chi connectivity index (χ0n) is 38.1. The van der Waals surface area contributed by atoms with Crippen molar-refractivity contribution in [2.45, 2.75) is 145 Å². The minimum atomic E-state index is -0.722. The summed E-state index contributed by atoms with van der Waals surface area (Å²) in [6, 6.07) is 6.68. The first-order chi connectivity index (χ1) is 27.6. The predicted octanol–water partition coefficient (Wildman–Crippen LogP) is 9.37. The Morgan fingerprint density at radius 2 is 1.61 bits per heavy atom.